The van der Waals surface area contributed by atoms with E-state index in [1.165, 1.54) is 19.2 Å². The van der Waals surface area contributed by atoms with E-state index >= 15 is 0 Å². The van der Waals surface area contributed by atoms with E-state index in [0.717, 1.165) is 6.54 Å². The van der Waals surface area contributed by atoms with Gasteiger partial charge < -0.3 is 20.9 Å². The lowest BCUT2D eigenvalue weighted by Crippen LogP contribution is -2.31. The van der Waals surface area contributed by atoms with Gasteiger partial charge in [-0.2, -0.15) is 0 Å². The highest BCUT2D eigenvalue weighted by Crippen LogP contribution is 2.14. The number of carbonyl (C=O) groups is 3. The van der Waals surface area contributed by atoms with Gasteiger partial charge in [-0.1, -0.05) is 0 Å². The topological polar surface area (TPSA) is 103 Å². The average molecular weight is 369 g/mol. The monoisotopic (exact) mass is 369 g/mol. The Morgan fingerprint density at radius 1 is 0.963 bits per heavy atom. The summed E-state index contributed by atoms with van der Waals surface area (Å²) in [6.45, 7) is 2.65. The molecule has 0 atom stereocenters. The van der Waals surface area contributed by atoms with E-state index in [4.69, 9.17) is 0 Å². The summed E-state index contributed by atoms with van der Waals surface area (Å²) in [5.41, 5.74) is 1.70. The number of hydrogen-bond donors (Lipinski definition) is 3. The molecule has 27 heavy (non-hydrogen) atoms. The quantitative estimate of drug-likeness (QED) is 0.688. The summed E-state index contributed by atoms with van der Waals surface area (Å²) in [5, 5.41) is 8.15. The average Bonchev–Trinajstić information content (AvgIpc) is 2.62. The molecule has 0 aliphatic heterocycles. The fraction of sp³-hybridized carbons (Fsp3) is 0.263. The van der Waals surface area contributed by atoms with E-state index in [9.17, 15) is 14.4 Å². The predicted molar refractivity (Wildman–Crippen MR) is 104 cm³/mol. The van der Waals surface area contributed by atoms with Gasteiger partial charge in [0.2, 0.25) is 5.91 Å². The van der Waals surface area contributed by atoms with Crippen molar-refractivity contribution >= 4 is 29.1 Å². The molecule has 0 saturated carbocycles. The van der Waals surface area contributed by atoms with Crippen LogP contribution in [-0.4, -0.2) is 54.8 Å². The summed E-state index contributed by atoms with van der Waals surface area (Å²) in [6.07, 6.45) is 1.43. The van der Waals surface area contributed by atoms with Gasteiger partial charge >= 0.3 is 0 Å². The Bertz CT molecular complexity index is 818. The third-order valence-corrected chi connectivity index (χ3v) is 3.56. The van der Waals surface area contributed by atoms with Crippen LogP contribution in [-0.2, 0) is 4.79 Å². The van der Waals surface area contributed by atoms with Crippen LogP contribution in [0.5, 0.6) is 0 Å². The van der Waals surface area contributed by atoms with Crippen molar-refractivity contribution in [3.63, 3.8) is 0 Å². The predicted octanol–water partition coefficient (Wildman–Crippen LogP) is 1.58. The summed E-state index contributed by atoms with van der Waals surface area (Å²) in [5.74, 6) is -0.852. The smallest absolute Gasteiger partial charge is 0.274 e. The van der Waals surface area contributed by atoms with Crippen molar-refractivity contribution < 1.29 is 14.4 Å². The SMILES string of the molecule is CC(=O)Nc1ccc(NC(=O)c2cc(C(=O)NCCN(C)C)ccn2)cc1. The molecule has 8 nitrogen and oxygen atoms in total. The molecule has 0 aliphatic carbocycles. The second-order valence-electron chi connectivity index (χ2n) is 6.20. The zero-order valence-corrected chi connectivity index (χ0v) is 15.6. The van der Waals surface area contributed by atoms with Crippen molar-refractivity contribution in [1.82, 2.24) is 15.2 Å². The number of anilines is 2. The van der Waals surface area contributed by atoms with Crippen molar-refractivity contribution in [2.75, 3.05) is 37.8 Å². The van der Waals surface area contributed by atoms with Crippen LogP contribution in [0.15, 0.2) is 42.6 Å². The van der Waals surface area contributed by atoms with Gasteiger partial charge in [0.25, 0.3) is 11.8 Å². The van der Waals surface area contributed by atoms with E-state index in [1.54, 1.807) is 30.3 Å². The largest absolute Gasteiger partial charge is 0.351 e. The second kappa shape index (κ2) is 9.44. The molecule has 0 unspecified atom stereocenters. The van der Waals surface area contributed by atoms with Crippen LogP contribution in [0, 0.1) is 0 Å². The zero-order chi connectivity index (χ0) is 19.8. The van der Waals surface area contributed by atoms with E-state index in [2.05, 4.69) is 20.9 Å². The second-order valence-corrected chi connectivity index (χ2v) is 6.20. The molecule has 142 valence electrons. The van der Waals surface area contributed by atoms with Gasteiger partial charge in [0.1, 0.15) is 5.69 Å². The van der Waals surface area contributed by atoms with Crippen LogP contribution in [0.1, 0.15) is 27.8 Å². The molecule has 1 aromatic carbocycles. The Labute approximate surface area is 158 Å². The van der Waals surface area contributed by atoms with Crippen LogP contribution >= 0.6 is 0 Å². The van der Waals surface area contributed by atoms with Gasteiger partial charge in [0, 0.05) is 43.1 Å². The van der Waals surface area contributed by atoms with Gasteiger partial charge in [-0.3, -0.25) is 19.4 Å². The van der Waals surface area contributed by atoms with Crippen LogP contribution in [0.3, 0.4) is 0 Å². The Kier molecular flexibility index (Phi) is 7.01. The van der Waals surface area contributed by atoms with E-state index in [-0.39, 0.29) is 17.5 Å². The Hall–Kier alpha value is -3.26. The van der Waals surface area contributed by atoms with E-state index < -0.39 is 5.91 Å². The number of aromatic nitrogens is 1. The number of pyridine rings is 1. The van der Waals surface area contributed by atoms with Gasteiger partial charge in [-0.25, -0.2) is 0 Å². The minimum atomic E-state index is -0.426. The lowest BCUT2D eigenvalue weighted by Gasteiger charge is -2.11. The standard InChI is InChI=1S/C19H23N5O3/c1-13(25)22-15-4-6-16(7-5-15)23-19(27)17-12-14(8-9-20-17)18(26)21-10-11-24(2)3/h4-9,12H,10-11H2,1-3H3,(H,21,26)(H,22,25)(H,23,27). The highest BCUT2D eigenvalue weighted by molar-refractivity contribution is 6.04. The molecule has 8 heteroatoms. The summed E-state index contributed by atoms with van der Waals surface area (Å²) < 4.78 is 0. The molecule has 0 spiro atoms. The first-order chi connectivity index (χ1) is 12.8. The number of benzene rings is 1. The van der Waals surface area contributed by atoms with Crippen molar-refractivity contribution in [3.8, 4) is 0 Å². The van der Waals surface area contributed by atoms with E-state index in [1.807, 2.05) is 19.0 Å². The highest BCUT2D eigenvalue weighted by Gasteiger charge is 2.12. The van der Waals surface area contributed by atoms with Crippen molar-refractivity contribution in [1.29, 1.82) is 0 Å². The Morgan fingerprint density at radius 2 is 1.59 bits per heavy atom. The summed E-state index contributed by atoms with van der Waals surface area (Å²) in [7, 11) is 3.84. The molecule has 2 aromatic rings. The van der Waals surface area contributed by atoms with Gasteiger partial charge in [0.05, 0.1) is 0 Å². The normalized spacial score (nSPS) is 10.4. The number of nitrogens with one attached hydrogen (secondary N) is 3. The maximum Gasteiger partial charge on any atom is 0.274 e. The molecule has 0 aliphatic rings. The molecular weight excluding hydrogens is 346 g/mol. The molecule has 3 N–H and O–H groups in total. The first-order valence-electron chi connectivity index (χ1n) is 8.43. The molecule has 2 rings (SSSR count). The molecular formula is C19H23N5O3. The lowest BCUT2D eigenvalue weighted by atomic mass is 10.2. The number of rotatable bonds is 7. The van der Waals surface area contributed by atoms with Gasteiger partial charge in [0.15, 0.2) is 0 Å². The number of nitrogens with zero attached hydrogens (tertiary/aromatic N) is 2. The maximum atomic E-state index is 12.4. The molecule has 1 aromatic heterocycles. The fourth-order valence-electron chi connectivity index (χ4n) is 2.23. The molecule has 0 fully saturated rings. The van der Waals surface area contributed by atoms with Crippen molar-refractivity contribution in [2.24, 2.45) is 0 Å². The minimum Gasteiger partial charge on any atom is -0.351 e. The van der Waals surface area contributed by atoms with Crippen molar-refractivity contribution in [2.45, 2.75) is 6.92 Å². The molecule has 3 amide bonds. The summed E-state index contributed by atoms with van der Waals surface area (Å²) >= 11 is 0. The summed E-state index contributed by atoms with van der Waals surface area (Å²) in [6, 6.07) is 9.70. The fourth-order valence-corrected chi connectivity index (χ4v) is 2.23. The molecule has 0 radical (unpaired) electrons. The number of amides is 3. The Morgan fingerprint density at radius 3 is 2.19 bits per heavy atom. The van der Waals surface area contributed by atoms with Crippen molar-refractivity contribution in [3.05, 3.63) is 53.9 Å². The molecule has 0 bridgehead atoms. The zero-order valence-electron chi connectivity index (χ0n) is 15.6. The minimum absolute atomic E-state index is 0.140. The van der Waals surface area contributed by atoms with Crippen LogP contribution < -0.4 is 16.0 Å². The first-order valence-corrected chi connectivity index (χ1v) is 8.43. The third kappa shape index (κ3) is 6.52. The molecule has 0 saturated heterocycles. The number of hydrogen-bond acceptors (Lipinski definition) is 5. The number of carbonyl (C=O) groups excluding carboxylic acids is 3. The van der Waals surface area contributed by atoms with E-state index in [0.29, 0.717) is 23.5 Å². The third-order valence-electron chi connectivity index (χ3n) is 3.56. The summed E-state index contributed by atoms with van der Waals surface area (Å²) in [4.78, 5) is 41.5. The van der Waals surface area contributed by atoms with Gasteiger partial charge in [-0.05, 0) is 50.5 Å². The molecule has 1 heterocycles. The highest BCUT2D eigenvalue weighted by atomic mass is 16.2. The van der Waals surface area contributed by atoms with Crippen LogP contribution in [0.25, 0.3) is 0 Å². The van der Waals surface area contributed by atoms with Gasteiger partial charge in [-0.15, -0.1) is 0 Å². The maximum absolute atomic E-state index is 12.4. The van der Waals surface area contributed by atoms with Crippen LogP contribution in [0.2, 0.25) is 0 Å². The lowest BCUT2D eigenvalue weighted by molar-refractivity contribution is -0.114. The number of likely N-dealkylation sites (N-methyl/N-ethyl adjacent to an activating group) is 1. The first kappa shape index (κ1) is 20.1. The van der Waals surface area contributed by atoms with Crippen LogP contribution in [0.4, 0.5) is 11.4 Å². The Balaban J connectivity index is 2.00.